The van der Waals surface area contributed by atoms with Crippen molar-refractivity contribution in [1.29, 1.82) is 0 Å². The number of rotatable bonds is 11. The highest BCUT2D eigenvalue weighted by Gasteiger charge is 2.45. The molecule has 1 heterocycles. The van der Waals surface area contributed by atoms with E-state index in [4.69, 9.17) is 14.2 Å². The number of hydrogen-bond acceptors (Lipinski definition) is 6. The Labute approximate surface area is 216 Å². The molecule has 0 spiro atoms. The van der Waals surface area contributed by atoms with E-state index in [1.54, 1.807) is 31.4 Å². The average Bonchev–Trinajstić information content (AvgIpc) is 3.18. The number of aliphatic hydroxyl groups is 1. The molecule has 1 amide bonds. The summed E-state index contributed by atoms with van der Waals surface area (Å²) >= 11 is 0. The maximum absolute atomic E-state index is 13.2. The standard InChI is InChI=1S/C30H31NO6/c1-3-36-24-15-13-22(14-16-24)28(32)26-27(31(17-8-18-35-2)30(34)29(26)33)23-11-7-12-25(19-23)37-20-21-9-5-4-6-10-21/h4-7,9-16,19,27,32H,3,8,17-18,20H2,1-2H3/b28-26-. The second-order valence-corrected chi connectivity index (χ2v) is 8.64. The monoisotopic (exact) mass is 501 g/mol. The highest BCUT2D eigenvalue weighted by atomic mass is 16.5. The van der Waals surface area contributed by atoms with Crippen molar-refractivity contribution in [3.8, 4) is 11.5 Å². The number of ether oxygens (including phenoxy) is 3. The van der Waals surface area contributed by atoms with Crippen molar-refractivity contribution in [2.75, 3.05) is 26.9 Å². The predicted octanol–water partition coefficient (Wildman–Crippen LogP) is 5.12. The molecule has 3 aromatic carbocycles. The van der Waals surface area contributed by atoms with Crippen LogP contribution in [0.25, 0.3) is 5.76 Å². The molecule has 192 valence electrons. The first-order valence-electron chi connectivity index (χ1n) is 12.3. The SMILES string of the molecule is CCOc1ccc(/C(O)=C2/C(=O)C(=O)N(CCCOC)C2c2cccc(OCc3ccccc3)c2)cc1. The largest absolute Gasteiger partial charge is 0.507 e. The molecule has 0 aliphatic carbocycles. The normalized spacial score (nSPS) is 16.7. The highest BCUT2D eigenvalue weighted by Crippen LogP contribution is 2.40. The summed E-state index contributed by atoms with van der Waals surface area (Å²) in [6, 6.07) is 23.1. The quantitative estimate of drug-likeness (QED) is 0.170. The van der Waals surface area contributed by atoms with E-state index in [2.05, 4.69) is 0 Å². The Kier molecular flexibility index (Phi) is 8.59. The van der Waals surface area contributed by atoms with Gasteiger partial charge < -0.3 is 24.2 Å². The average molecular weight is 502 g/mol. The third kappa shape index (κ3) is 6.01. The minimum Gasteiger partial charge on any atom is -0.507 e. The van der Waals surface area contributed by atoms with Gasteiger partial charge in [0, 0.05) is 25.8 Å². The lowest BCUT2D eigenvalue weighted by Gasteiger charge is -2.25. The fourth-order valence-electron chi connectivity index (χ4n) is 4.38. The van der Waals surface area contributed by atoms with Crippen LogP contribution in [0.1, 0.15) is 36.1 Å². The minimum atomic E-state index is -0.760. The highest BCUT2D eigenvalue weighted by molar-refractivity contribution is 6.46. The fourth-order valence-corrected chi connectivity index (χ4v) is 4.38. The molecule has 1 N–H and O–H groups in total. The zero-order chi connectivity index (χ0) is 26.2. The lowest BCUT2D eigenvalue weighted by Crippen LogP contribution is -2.31. The number of hydrogen-bond donors (Lipinski definition) is 1. The Morgan fingerprint density at radius 1 is 0.919 bits per heavy atom. The maximum Gasteiger partial charge on any atom is 0.295 e. The molecule has 4 rings (SSSR count). The van der Waals surface area contributed by atoms with E-state index < -0.39 is 17.7 Å². The van der Waals surface area contributed by atoms with Crippen molar-refractivity contribution >= 4 is 17.4 Å². The Morgan fingerprint density at radius 3 is 2.38 bits per heavy atom. The topological polar surface area (TPSA) is 85.3 Å². The van der Waals surface area contributed by atoms with E-state index >= 15 is 0 Å². The van der Waals surface area contributed by atoms with Gasteiger partial charge in [-0.15, -0.1) is 0 Å². The van der Waals surface area contributed by atoms with Crippen LogP contribution in [0.2, 0.25) is 0 Å². The molecule has 0 radical (unpaired) electrons. The minimum absolute atomic E-state index is 0.0480. The molecule has 37 heavy (non-hydrogen) atoms. The van der Waals surface area contributed by atoms with E-state index in [0.717, 1.165) is 5.56 Å². The molecule has 7 heteroatoms. The molecular weight excluding hydrogens is 470 g/mol. The summed E-state index contributed by atoms with van der Waals surface area (Å²) in [6.45, 7) is 3.52. The van der Waals surface area contributed by atoms with E-state index in [-0.39, 0.29) is 11.3 Å². The first-order chi connectivity index (χ1) is 18.0. The van der Waals surface area contributed by atoms with Crippen LogP contribution in [-0.4, -0.2) is 48.6 Å². The lowest BCUT2D eigenvalue weighted by molar-refractivity contribution is -0.140. The molecule has 0 aromatic heterocycles. The summed E-state index contributed by atoms with van der Waals surface area (Å²) in [5.41, 5.74) is 2.18. The van der Waals surface area contributed by atoms with Crippen LogP contribution >= 0.6 is 0 Å². The van der Waals surface area contributed by atoms with E-state index in [1.807, 2.05) is 61.5 Å². The third-order valence-corrected chi connectivity index (χ3v) is 6.15. The molecular formula is C30H31NO6. The summed E-state index contributed by atoms with van der Waals surface area (Å²) in [5, 5.41) is 11.3. The zero-order valence-electron chi connectivity index (χ0n) is 21.1. The smallest absolute Gasteiger partial charge is 0.295 e. The van der Waals surface area contributed by atoms with Gasteiger partial charge in [-0.05, 0) is 60.9 Å². The summed E-state index contributed by atoms with van der Waals surface area (Å²) in [6.07, 6.45) is 0.549. The predicted molar refractivity (Wildman–Crippen MR) is 140 cm³/mol. The van der Waals surface area contributed by atoms with Gasteiger partial charge in [-0.2, -0.15) is 0 Å². The van der Waals surface area contributed by atoms with Gasteiger partial charge in [0.15, 0.2) is 0 Å². The van der Waals surface area contributed by atoms with Gasteiger partial charge in [0.2, 0.25) is 0 Å². The molecule has 1 fully saturated rings. The van der Waals surface area contributed by atoms with Gasteiger partial charge in [0.1, 0.15) is 23.9 Å². The van der Waals surface area contributed by atoms with Crippen molar-refractivity contribution in [3.63, 3.8) is 0 Å². The van der Waals surface area contributed by atoms with E-state index in [0.29, 0.717) is 55.4 Å². The van der Waals surface area contributed by atoms with E-state index in [9.17, 15) is 14.7 Å². The van der Waals surface area contributed by atoms with E-state index in [1.165, 1.54) is 4.90 Å². The van der Waals surface area contributed by atoms with Crippen LogP contribution in [0, 0.1) is 0 Å². The van der Waals surface area contributed by atoms with Crippen LogP contribution < -0.4 is 9.47 Å². The van der Waals surface area contributed by atoms with Gasteiger partial charge in [0.05, 0.1) is 18.2 Å². The molecule has 1 saturated heterocycles. The fraction of sp³-hybridized carbons (Fsp3) is 0.267. The molecule has 1 aliphatic heterocycles. The molecule has 3 aromatic rings. The Morgan fingerprint density at radius 2 is 1.68 bits per heavy atom. The molecule has 0 bridgehead atoms. The van der Waals surface area contributed by atoms with Gasteiger partial charge >= 0.3 is 0 Å². The maximum atomic E-state index is 13.2. The van der Waals surface area contributed by atoms with Crippen molar-refractivity contribution in [2.24, 2.45) is 0 Å². The number of aliphatic hydroxyl groups excluding tert-OH is 1. The summed E-state index contributed by atoms with van der Waals surface area (Å²) in [5.74, 6) is -0.339. The Bertz CT molecular complexity index is 1250. The second-order valence-electron chi connectivity index (χ2n) is 8.64. The number of nitrogens with zero attached hydrogens (tertiary/aromatic N) is 1. The molecule has 1 unspecified atom stereocenters. The number of carbonyl (C=O) groups excluding carboxylic acids is 2. The van der Waals surface area contributed by atoms with Gasteiger partial charge in [-0.3, -0.25) is 9.59 Å². The van der Waals surface area contributed by atoms with Crippen LogP contribution in [0.3, 0.4) is 0 Å². The Hall–Kier alpha value is -4.10. The van der Waals surface area contributed by atoms with Crippen molar-refractivity contribution in [3.05, 3.63) is 101 Å². The van der Waals surface area contributed by atoms with Crippen LogP contribution in [-0.2, 0) is 20.9 Å². The number of benzene rings is 3. The molecule has 0 saturated carbocycles. The number of likely N-dealkylation sites (tertiary alicyclic amines) is 1. The number of carbonyl (C=O) groups is 2. The second kappa shape index (κ2) is 12.2. The van der Waals surface area contributed by atoms with Crippen LogP contribution in [0.5, 0.6) is 11.5 Å². The van der Waals surface area contributed by atoms with Crippen molar-refractivity contribution in [2.45, 2.75) is 26.0 Å². The molecule has 1 aliphatic rings. The Balaban J connectivity index is 1.70. The molecule has 7 nitrogen and oxygen atoms in total. The first kappa shape index (κ1) is 26.0. The van der Waals surface area contributed by atoms with Crippen LogP contribution in [0.15, 0.2) is 84.4 Å². The zero-order valence-corrected chi connectivity index (χ0v) is 21.1. The first-order valence-corrected chi connectivity index (χ1v) is 12.3. The van der Waals surface area contributed by atoms with Gasteiger partial charge in [0.25, 0.3) is 11.7 Å². The lowest BCUT2D eigenvalue weighted by atomic mass is 9.95. The number of amides is 1. The van der Waals surface area contributed by atoms with Gasteiger partial charge in [-0.1, -0.05) is 42.5 Å². The molecule has 1 atom stereocenters. The van der Waals surface area contributed by atoms with Crippen LogP contribution in [0.4, 0.5) is 0 Å². The third-order valence-electron chi connectivity index (χ3n) is 6.15. The number of methoxy groups -OCH3 is 1. The van der Waals surface area contributed by atoms with Gasteiger partial charge in [-0.25, -0.2) is 0 Å². The summed E-state index contributed by atoms with van der Waals surface area (Å²) < 4.78 is 16.6. The summed E-state index contributed by atoms with van der Waals surface area (Å²) in [7, 11) is 1.59. The van der Waals surface area contributed by atoms with Crippen molar-refractivity contribution in [1.82, 2.24) is 4.90 Å². The number of ketones is 1. The summed E-state index contributed by atoms with van der Waals surface area (Å²) in [4.78, 5) is 27.8. The van der Waals surface area contributed by atoms with Crippen molar-refractivity contribution < 1.29 is 28.9 Å². The number of Topliss-reactive ketones (excluding diaryl/α,β-unsaturated/α-hetero) is 1.